The number of nitrogens with zero attached hydrogens (tertiary/aromatic N) is 1. The molecular weight excluding hydrogens is 298 g/mol. The van der Waals surface area contributed by atoms with Crippen molar-refractivity contribution in [3.05, 3.63) is 63.7 Å². The maximum absolute atomic E-state index is 13.5. The van der Waals surface area contributed by atoms with Crippen molar-refractivity contribution in [2.24, 2.45) is 0 Å². The number of carbonyl (C=O) groups excluding carboxylic acids is 1. The standard InChI is InChI=1S/C14H10F2N2O4/c1-22-8-5-6-11(12(7-8)18(20)21)17-14(19)13-9(15)3-2-4-10(13)16/h2-7H,1H3,(H,17,19). The molecule has 0 saturated carbocycles. The third-order valence-electron chi connectivity index (χ3n) is 2.84. The zero-order valence-electron chi connectivity index (χ0n) is 11.3. The summed E-state index contributed by atoms with van der Waals surface area (Å²) in [5.41, 5.74) is -1.46. The Bertz CT molecular complexity index is 729. The summed E-state index contributed by atoms with van der Waals surface area (Å²) in [5, 5.41) is 13.1. The molecule has 0 heterocycles. The van der Waals surface area contributed by atoms with E-state index in [9.17, 15) is 23.7 Å². The molecule has 0 aliphatic heterocycles. The average Bonchev–Trinajstić information content (AvgIpc) is 2.47. The number of carbonyl (C=O) groups is 1. The molecule has 2 aromatic carbocycles. The Morgan fingerprint density at radius 3 is 2.41 bits per heavy atom. The highest BCUT2D eigenvalue weighted by Crippen LogP contribution is 2.29. The van der Waals surface area contributed by atoms with E-state index in [4.69, 9.17) is 4.74 Å². The zero-order valence-corrected chi connectivity index (χ0v) is 11.3. The van der Waals surface area contributed by atoms with Gasteiger partial charge in [-0.2, -0.15) is 0 Å². The van der Waals surface area contributed by atoms with Crippen LogP contribution in [0.2, 0.25) is 0 Å². The van der Waals surface area contributed by atoms with Gasteiger partial charge in [0, 0.05) is 0 Å². The summed E-state index contributed by atoms with van der Waals surface area (Å²) in [6, 6.07) is 6.62. The molecule has 22 heavy (non-hydrogen) atoms. The molecule has 0 aliphatic carbocycles. The second-order valence-electron chi connectivity index (χ2n) is 4.19. The van der Waals surface area contributed by atoms with Crippen molar-refractivity contribution < 1.29 is 23.2 Å². The summed E-state index contributed by atoms with van der Waals surface area (Å²) in [6.07, 6.45) is 0. The van der Waals surface area contributed by atoms with E-state index in [1.54, 1.807) is 0 Å². The van der Waals surface area contributed by atoms with E-state index in [0.717, 1.165) is 24.3 Å². The molecule has 0 aliphatic rings. The number of nitro groups is 1. The Hall–Kier alpha value is -3.03. The summed E-state index contributed by atoms with van der Waals surface area (Å²) in [4.78, 5) is 22.2. The monoisotopic (exact) mass is 308 g/mol. The van der Waals surface area contributed by atoms with Gasteiger partial charge in [0.1, 0.15) is 28.6 Å². The molecule has 6 nitrogen and oxygen atoms in total. The van der Waals surface area contributed by atoms with Gasteiger partial charge in [0.25, 0.3) is 11.6 Å². The summed E-state index contributed by atoms with van der Waals surface area (Å²) in [5.74, 6) is -3.03. The molecule has 0 radical (unpaired) electrons. The van der Waals surface area contributed by atoms with Gasteiger partial charge < -0.3 is 10.1 Å². The first kappa shape index (κ1) is 15.4. The smallest absolute Gasteiger partial charge is 0.296 e. The lowest BCUT2D eigenvalue weighted by Crippen LogP contribution is -2.16. The third kappa shape index (κ3) is 3.00. The van der Waals surface area contributed by atoms with Crippen LogP contribution in [0.3, 0.4) is 0 Å². The zero-order chi connectivity index (χ0) is 16.3. The predicted molar refractivity (Wildman–Crippen MR) is 74.0 cm³/mol. The maximum Gasteiger partial charge on any atom is 0.296 e. The van der Waals surface area contributed by atoms with E-state index in [0.29, 0.717) is 0 Å². The van der Waals surface area contributed by atoms with Gasteiger partial charge in [0.2, 0.25) is 0 Å². The van der Waals surface area contributed by atoms with Gasteiger partial charge in [0.15, 0.2) is 0 Å². The number of halogens is 2. The number of methoxy groups -OCH3 is 1. The highest BCUT2D eigenvalue weighted by atomic mass is 19.1. The van der Waals surface area contributed by atoms with Crippen molar-refractivity contribution in [1.82, 2.24) is 0 Å². The SMILES string of the molecule is COc1ccc(NC(=O)c2c(F)cccc2F)c([N+](=O)[O-])c1. The van der Waals surface area contributed by atoms with E-state index in [2.05, 4.69) is 5.32 Å². The van der Waals surface area contributed by atoms with Gasteiger partial charge in [-0.3, -0.25) is 14.9 Å². The first-order valence-electron chi connectivity index (χ1n) is 6.02. The lowest BCUT2D eigenvalue weighted by molar-refractivity contribution is -0.384. The Morgan fingerprint density at radius 2 is 1.86 bits per heavy atom. The van der Waals surface area contributed by atoms with Crippen LogP contribution in [-0.2, 0) is 0 Å². The van der Waals surface area contributed by atoms with Gasteiger partial charge >= 0.3 is 0 Å². The van der Waals surface area contributed by atoms with Crippen molar-refractivity contribution in [3.8, 4) is 5.75 Å². The van der Waals surface area contributed by atoms with E-state index in [-0.39, 0.29) is 11.4 Å². The van der Waals surface area contributed by atoms with Crippen LogP contribution in [0, 0.1) is 21.7 Å². The quantitative estimate of drug-likeness (QED) is 0.695. The van der Waals surface area contributed by atoms with Gasteiger partial charge in [-0.15, -0.1) is 0 Å². The normalized spacial score (nSPS) is 10.1. The minimum Gasteiger partial charge on any atom is -0.496 e. The lowest BCUT2D eigenvalue weighted by Gasteiger charge is -2.08. The minimum atomic E-state index is -1.12. The predicted octanol–water partition coefficient (Wildman–Crippen LogP) is 3.13. The summed E-state index contributed by atoms with van der Waals surface area (Å²) in [7, 11) is 1.33. The van der Waals surface area contributed by atoms with Crippen molar-refractivity contribution in [3.63, 3.8) is 0 Å². The molecule has 0 unspecified atom stereocenters. The van der Waals surface area contributed by atoms with Gasteiger partial charge in [-0.1, -0.05) is 6.07 Å². The van der Waals surface area contributed by atoms with Crippen LogP contribution in [0.4, 0.5) is 20.2 Å². The van der Waals surface area contributed by atoms with Crippen molar-refractivity contribution >= 4 is 17.3 Å². The van der Waals surface area contributed by atoms with E-state index in [1.165, 1.54) is 19.2 Å². The molecule has 2 rings (SSSR count). The minimum absolute atomic E-state index is 0.196. The molecule has 0 fully saturated rings. The van der Waals surface area contributed by atoms with Crippen molar-refractivity contribution in [1.29, 1.82) is 0 Å². The molecule has 0 saturated heterocycles. The fraction of sp³-hybridized carbons (Fsp3) is 0.0714. The number of hydrogen-bond donors (Lipinski definition) is 1. The lowest BCUT2D eigenvalue weighted by atomic mass is 10.1. The second kappa shape index (κ2) is 6.17. The number of amides is 1. The molecule has 0 spiro atoms. The molecule has 0 aromatic heterocycles. The molecule has 1 N–H and O–H groups in total. The Labute approximate surface area is 123 Å². The highest BCUT2D eigenvalue weighted by molar-refractivity contribution is 6.05. The van der Waals surface area contributed by atoms with Crippen LogP contribution in [0.5, 0.6) is 5.75 Å². The number of rotatable bonds is 4. The average molecular weight is 308 g/mol. The molecule has 8 heteroatoms. The highest BCUT2D eigenvalue weighted by Gasteiger charge is 2.21. The van der Waals surface area contributed by atoms with Crippen LogP contribution in [0.1, 0.15) is 10.4 Å². The summed E-state index contributed by atoms with van der Waals surface area (Å²) in [6.45, 7) is 0. The van der Waals surface area contributed by atoms with Gasteiger partial charge in [-0.05, 0) is 24.3 Å². The first-order valence-corrected chi connectivity index (χ1v) is 6.02. The third-order valence-corrected chi connectivity index (χ3v) is 2.84. The number of nitrogens with one attached hydrogen (secondary N) is 1. The van der Waals surface area contributed by atoms with Crippen LogP contribution < -0.4 is 10.1 Å². The van der Waals surface area contributed by atoms with Crippen LogP contribution >= 0.6 is 0 Å². The molecule has 0 bridgehead atoms. The number of nitro benzene ring substituents is 1. The number of hydrogen-bond acceptors (Lipinski definition) is 4. The van der Waals surface area contributed by atoms with Crippen molar-refractivity contribution in [2.75, 3.05) is 12.4 Å². The Kier molecular flexibility index (Phi) is 4.31. The molecule has 0 atom stereocenters. The van der Waals surface area contributed by atoms with Crippen LogP contribution in [-0.4, -0.2) is 17.9 Å². The van der Waals surface area contributed by atoms with Crippen molar-refractivity contribution in [2.45, 2.75) is 0 Å². The van der Waals surface area contributed by atoms with Crippen LogP contribution in [0.25, 0.3) is 0 Å². The molecule has 2 aromatic rings. The second-order valence-corrected chi connectivity index (χ2v) is 4.19. The Balaban J connectivity index is 2.38. The number of benzene rings is 2. The fourth-order valence-electron chi connectivity index (χ4n) is 1.79. The largest absolute Gasteiger partial charge is 0.496 e. The fourth-order valence-corrected chi connectivity index (χ4v) is 1.79. The maximum atomic E-state index is 13.5. The van der Waals surface area contributed by atoms with E-state index < -0.39 is 33.7 Å². The van der Waals surface area contributed by atoms with Gasteiger partial charge in [0.05, 0.1) is 18.1 Å². The first-order chi connectivity index (χ1) is 10.4. The van der Waals surface area contributed by atoms with E-state index >= 15 is 0 Å². The molecular formula is C14H10F2N2O4. The Morgan fingerprint density at radius 1 is 1.23 bits per heavy atom. The summed E-state index contributed by atoms with van der Waals surface area (Å²) < 4.78 is 31.9. The number of ether oxygens (including phenoxy) is 1. The molecule has 1 amide bonds. The summed E-state index contributed by atoms with van der Waals surface area (Å²) >= 11 is 0. The van der Waals surface area contributed by atoms with Crippen LogP contribution in [0.15, 0.2) is 36.4 Å². The van der Waals surface area contributed by atoms with Gasteiger partial charge in [-0.25, -0.2) is 8.78 Å². The topological polar surface area (TPSA) is 81.5 Å². The van der Waals surface area contributed by atoms with E-state index in [1.807, 2.05) is 0 Å². The molecule has 114 valence electrons. The number of anilines is 1.